The van der Waals surface area contributed by atoms with Crippen LogP contribution in [0.2, 0.25) is 5.02 Å². The lowest BCUT2D eigenvalue weighted by Crippen LogP contribution is -2.00. The largest absolute Gasteiger partial charge is 0.489 e. The normalized spacial score (nSPS) is 9.90. The number of rotatable bonds is 3. The fourth-order valence-corrected chi connectivity index (χ4v) is 2.00. The van der Waals surface area contributed by atoms with Crippen LogP contribution in [0.1, 0.15) is 16.7 Å². The van der Waals surface area contributed by atoms with Crippen LogP contribution in [0.3, 0.4) is 0 Å². The first-order valence-electron chi connectivity index (χ1n) is 6.46. The predicted octanol–water partition coefficient (Wildman–Crippen LogP) is 3.68. The molecule has 0 aliphatic heterocycles. The maximum atomic E-state index is 13.7. The third kappa shape index (κ3) is 4.22. The predicted molar refractivity (Wildman–Crippen MR) is 82.9 cm³/mol. The number of ether oxygens (including phenoxy) is 1. The topological polar surface area (TPSA) is 35.2 Å². The third-order valence-corrected chi connectivity index (χ3v) is 3.14. The van der Waals surface area contributed by atoms with Crippen molar-refractivity contribution in [2.24, 2.45) is 5.73 Å². The zero-order valence-corrected chi connectivity index (χ0v) is 12.4. The van der Waals surface area contributed by atoms with Gasteiger partial charge in [-0.15, -0.1) is 0 Å². The molecule has 2 N–H and O–H groups in total. The first kappa shape index (κ1) is 15.4. The molecule has 2 rings (SSSR count). The Hall–Kier alpha value is -2.02. The second kappa shape index (κ2) is 7.12. The van der Waals surface area contributed by atoms with Crippen molar-refractivity contribution in [2.45, 2.75) is 13.5 Å². The first-order chi connectivity index (χ1) is 10.1. The fraction of sp³-hybridized carbons (Fsp3) is 0.176. The molecule has 0 saturated carbocycles. The van der Waals surface area contributed by atoms with E-state index in [1.807, 2.05) is 25.1 Å². The highest BCUT2D eigenvalue weighted by Gasteiger charge is 2.05. The minimum absolute atomic E-state index is 0.150. The van der Waals surface area contributed by atoms with E-state index in [2.05, 4.69) is 11.8 Å². The minimum Gasteiger partial charge on any atom is -0.489 e. The molecule has 0 fully saturated rings. The van der Waals surface area contributed by atoms with Crippen molar-refractivity contribution in [3.05, 3.63) is 63.9 Å². The highest BCUT2D eigenvalue weighted by molar-refractivity contribution is 6.30. The third-order valence-electron chi connectivity index (χ3n) is 2.91. The Labute approximate surface area is 128 Å². The van der Waals surface area contributed by atoms with Crippen molar-refractivity contribution in [1.82, 2.24) is 0 Å². The van der Waals surface area contributed by atoms with Crippen molar-refractivity contribution < 1.29 is 9.13 Å². The molecule has 0 unspecified atom stereocenters. The van der Waals surface area contributed by atoms with Gasteiger partial charge in [-0.1, -0.05) is 29.5 Å². The molecule has 0 spiro atoms. The molecule has 21 heavy (non-hydrogen) atoms. The van der Waals surface area contributed by atoms with Crippen LogP contribution in [0.4, 0.5) is 4.39 Å². The van der Waals surface area contributed by atoms with Crippen molar-refractivity contribution in [3.8, 4) is 17.6 Å². The van der Waals surface area contributed by atoms with Crippen LogP contribution in [0.25, 0.3) is 0 Å². The Morgan fingerprint density at radius 3 is 2.71 bits per heavy atom. The van der Waals surface area contributed by atoms with Crippen molar-refractivity contribution in [1.29, 1.82) is 0 Å². The van der Waals surface area contributed by atoms with Crippen LogP contribution >= 0.6 is 11.6 Å². The molecule has 0 aliphatic carbocycles. The van der Waals surface area contributed by atoms with Gasteiger partial charge in [0.25, 0.3) is 0 Å². The van der Waals surface area contributed by atoms with Gasteiger partial charge in [0.2, 0.25) is 0 Å². The lowest BCUT2D eigenvalue weighted by Gasteiger charge is -2.10. The summed E-state index contributed by atoms with van der Waals surface area (Å²) in [7, 11) is 0. The minimum atomic E-state index is -0.370. The van der Waals surface area contributed by atoms with Crippen LogP contribution in [0.5, 0.6) is 5.75 Å². The molecule has 0 atom stereocenters. The number of hydrogen-bond donors (Lipinski definition) is 1. The molecular weight excluding hydrogens is 289 g/mol. The SMILES string of the molecule is Cc1cc(C#CCN)ccc1OCc1ccc(Cl)cc1F. The van der Waals surface area contributed by atoms with E-state index < -0.39 is 0 Å². The van der Waals surface area contributed by atoms with Crippen LogP contribution in [-0.4, -0.2) is 6.54 Å². The summed E-state index contributed by atoms with van der Waals surface area (Å²) >= 11 is 5.72. The standard InChI is InChI=1S/C17H15ClFNO/c1-12-9-13(3-2-8-20)4-7-17(12)21-11-14-5-6-15(18)10-16(14)19/h4-7,9-10H,8,11,20H2,1H3. The van der Waals surface area contributed by atoms with Gasteiger partial charge in [0.1, 0.15) is 18.2 Å². The Morgan fingerprint density at radius 2 is 2.05 bits per heavy atom. The van der Waals surface area contributed by atoms with Gasteiger partial charge >= 0.3 is 0 Å². The van der Waals surface area contributed by atoms with E-state index in [1.165, 1.54) is 6.07 Å². The molecule has 2 aromatic rings. The molecule has 4 heteroatoms. The number of hydrogen-bond acceptors (Lipinski definition) is 2. The smallest absolute Gasteiger partial charge is 0.131 e. The zero-order valence-electron chi connectivity index (χ0n) is 11.6. The van der Waals surface area contributed by atoms with E-state index in [4.69, 9.17) is 22.1 Å². The van der Waals surface area contributed by atoms with Crippen LogP contribution in [0, 0.1) is 24.6 Å². The monoisotopic (exact) mass is 303 g/mol. The van der Waals surface area contributed by atoms with Crippen molar-refractivity contribution in [3.63, 3.8) is 0 Å². The van der Waals surface area contributed by atoms with Gasteiger partial charge in [0.05, 0.1) is 6.54 Å². The molecule has 0 aromatic heterocycles. The van der Waals surface area contributed by atoms with Gasteiger partial charge in [-0.25, -0.2) is 4.39 Å². The number of halogens is 2. The van der Waals surface area contributed by atoms with E-state index in [9.17, 15) is 4.39 Å². The maximum absolute atomic E-state index is 13.7. The Balaban J connectivity index is 2.09. The Bertz CT molecular complexity index is 704. The van der Waals surface area contributed by atoms with E-state index in [1.54, 1.807) is 12.1 Å². The summed E-state index contributed by atoms with van der Waals surface area (Å²) in [6.45, 7) is 2.39. The summed E-state index contributed by atoms with van der Waals surface area (Å²) in [5.74, 6) is 6.08. The molecule has 2 nitrogen and oxygen atoms in total. The van der Waals surface area contributed by atoms with Gasteiger partial charge in [-0.05, 0) is 42.8 Å². The van der Waals surface area contributed by atoms with Gasteiger partial charge in [0, 0.05) is 16.1 Å². The van der Waals surface area contributed by atoms with E-state index in [0.717, 1.165) is 11.1 Å². The average molecular weight is 304 g/mol. The summed E-state index contributed by atoms with van der Waals surface area (Å²) in [6, 6.07) is 10.1. The van der Waals surface area contributed by atoms with E-state index in [-0.39, 0.29) is 12.4 Å². The second-order valence-corrected chi connectivity index (χ2v) is 4.95. The average Bonchev–Trinajstić information content (AvgIpc) is 2.45. The molecular formula is C17H15ClFNO. The van der Waals surface area contributed by atoms with Crippen LogP contribution in [0.15, 0.2) is 36.4 Å². The number of nitrogens with two attached hydrogens (primary N) is 1. The molecule has 108 valence electrons. The quantitative estimate of drug-likeness (QED) is 0.878. The number of benzene rings is 2. The molecule has 0 radical (unpaired) electrons. The molecule has 0 amide bonds. The summed E-state index contributed by atoms with van der Waals surface area (Å²) in [5, 5.41) is 0.371. The van der Waals surface area contributed by atoms with Crippen molar-refractivity contribution >= 4 is 11.6 Å². The van der Waals surface area contributed by atoms with Gasteiger partial charge in [-0.2, -0.15) is 0 Å². The van der Waals surface area contributed by atoms with Gasteiger partial charge < -0.3 is 10.5 Å². The summed E-state index contributed by atoms with van der Waals surface area (Å²) in [4.78, 5) is 0. The van der Waals surface area contributed by atoms with Gasteiger partial charge in [-0.3, -0.25) is 0 Å². The lowest BCUT2D eigenvalue weighted by atomic mass is 10.1. The van der Waals surface area contributed by atoms with Crippen LogP contribution < -0.4 is 10.5 Å². The maximum Gasteiger partial charge on any atom is 0.131 e. The lowest BCUT2D eigenvalue weighted by molar-refractivity contribution is 0.298. The molecule has 0 heterocycles. The van der Waals surface area contributed by atoms with E-state index in [0.29, 0.717) is 22.9 Å². The first-order valence-corrected chi connectivity index (χ1v) is 6.84. The molecule has 0 saturated heterocycles. The van der Waals surface area contributed by atoms with Crippen LogP contribution in [-0.2, 0) is 6.61 Å². The molecule has 0 bridgehead atoms. The van der Waals surface area contributed by atoms with E-state index >= 15 is 0 Å². The zero-order chi connectivity index (χ0) is 15.2. The second-order valence-electron chi connectivity index (χ2n) is 4.51. The summed E-state index contributed by atoms with van der Waals surface area (Å²) in [5.41, 5.74) is 7.62. The molecule has 0 aliphatic rings. The highest BCUT2D eigenvalue weighted by Crippen LogP contribution is 2.21. The Kier molecular flexibility index (Phi) is 5.21. The van der Waals surface area contributed by atoms with Crippen molar-refractivity contribution in [2.75, 3.05) is 6.54 Å². The van der Waals surface area contributed by atoms with Gasteiger partial charge in [0.15, 0.2) is 0 Å². The summed E-state index contributed by atoms with van der Waals surface area (Å²) < 4.78 is 19.3. The Morgan fingerprint density at radius 1 is 1.24 bits per heavy atom. The fourth-order valence-electron chi connectivity index (χ4n) is 1.84. The number of aryl methyl sites for hydroxylation is 1. The molecule has 2 aromatic carbocycles. The summed E-state index contributed by atoms with van der Waals surface area (Å²) in [6.07, 6.45) is 0. The highest BCUT2D eigenvalue weighted by atomic mass is 35.5.